The maximum atomic E-state index is 10.5. The van der Waals surface area contributed by atoms with E-state index >= 15 is 0 Å². The van der Waals surface area contributed by atoms with Gasteiger partial charge < -0.3 is 0 Å². The maximum Gasteiger partial charge on any atom is 0.150 e. The van der Waals surface area contributed by atoms with Crippen LogP contribution in [0.1, 0.15) is 10.4 Å². The smallest absolute Gasteiger partial charge is 0.150 e. The van der Waals surface area contributed by atoms with Gasteiger partial charge in [-0.3, -0.25) is 9.48 Å². The van der Waals surface area contributed by atoms with Gasteiger partial charge in [0.2, 0.25) is 0 Å². The molecule has 66 valence electrons. The number of rotatable bonds is 1. The Morgan fingerprint density at radius 1 is 1.54 bits per heavy atom. The highest BCUT2D eigenvalue weighted by Crippen LogP contribution is 2.22. The van der Waals surface area contributed by atoms with E-state index in [4.69, 9.17) is 0 Å². The lowest BCUT2D eigenvalue weighted by Crippen LogP contribution is -1.89. The maximum absolute atomic E-state index is 10.5. The first-order valence-electron chi connectivity index (χ1n) is 3.80. The molecular weight excluding hydrogens is 232 g/mol. The van der Waals surface area contributed by atoms with E-state index in [1.54, 1.807) is 10.7 Å². The zero-order valence-electron chi connectivity index (χ0n) is 6.99. The molecule has 0 aliphatic rings. The Hall–Kier alpha value is -1.16. The minimum absolute atomic E-state index is 0.669. The molecule has 0 radical (unpaired) electrons. The number of aldehydes is 1. The van der Waals surface area contributed by atoms with Gasteiger partial charge >= 0.3 is 0 Å². The number of halogens is 1. The highest BCUT2D eigenvalue weighted by molar-refractivity contribution is 9.10. The second-order valence-corrected chi connectivity index (χ2v) is 3.56. The van der Waals surface area contributed by atoms with Gasteiger partial charge in [-0.15, -0.1) is 0 Å². The Morgan fingerprint density at radius 3 is 3.00 bits per heavy atom. The fraction of sp³-hybridized carbons (Fsp3) is 0.111. The van der Waals surface area contributed by atoms with Crippen LogP contribution in [0, 0.1) is 0 Å². The second kappa shape index (κ2) is 2.96. The molecule has 1 aromatic heterocycles. The molecule has 0 atom stereocenters. The summed E-state index contributed by atoms with van der Waals surface area (Å²) < 4.78 is 2.55. The predicted octanol–water partition coefficient (Wildman–Crippen LogP) is 2.15. The molecule has 0 aliphatic carbocycles. The lowest BCUT2D eigenvalue weighted by Gasteiger charge is -1.93. The zero-order valence-corrected chi connectivity index (χ0v) is 8.58. The molecule has 0 N–H and O–H groups in total. The van der Waals surface area contributed by atoms with Crippen LogP contribution >= 0.6 is 15.9 Å². The third-order valence-corrected chi connectivity index (χ3v) is 2.55. The summed E-state index contributed by atoms with van der Waals surface area (Å²) in [4.78, 5) is 10.5. The number of fused-ring (bicyclic) bond motifs is 1. The number of benzene rings is 1. The van der Waals surface area contributed by atoms with Crippen LogP contribution in [0.4, 0.5) is 0 Å². The van der Waals surface area contributed by atoms with E-state index in [1.165, 1.54) is 0 Å². The van der Waals surface area contributed by atoms with Crippen molar-refractivity contribution < 1.29 is 4.79 Å². The van der Waals surface area contributed by atoms with E-state index in [9.17, 15) is 4.79 Å². The van der Waals surface area contributed by atoms with E-state index in [-0.39, 0.29) is 0 Å². The largest absolute Gasteiger partial charge is 0.298 e. The molecule has 0 saturated heterocycles. The Bertz CT molecular complexity index is 476. The topological polar surface area (TPSA) is 34.9 Å². The normalized spacial score (nSPS) is 10.6. The lowest BCUT2D eigenvalue weighted by atomic mass is 10.2. The van der Waals surface area contributed by atoms with E-state index in [2.05, 4.69) is 21.0 Å². The molecule has 3 nitrogen and oxygen atoms in total. The van der Waals surface area contributed by atoms with E-state index in [1.807, 2.05) is 19.2 Å². The zero-order chi connectivity index (χ0) is 9.42. The van der Waals surface area contributed by atoms with Crippen LogP contribution in [-0.4, -0.2) is 16.1 Å². The number of hydrogen-bond donors (Lipinski definition) is 0. The number of carbonyl (C=O) groups excluding carboxylic acids is 1. The molecule has 0 unspecified atom stereocenters. The Kier molecular flexibility index (Phi) is 1.92. The number of aromatic nitrogens is 2. The molecule has 2 aromatic rings. The number of nitrogens with zero attached hydrogens (tertiary/aromatic N) is 2. The van der Waals surface area contributed by atoms with Gasteiger partial charge in [0, 0.05) is 18.0 Å². The molecule has 0 bridgehead atoms. The second-order valence-electron chi connectivity index (χ2n) is 2.81. The average Bonchev–Trinajstić information content (AvgIpc) is 2.42. The van der Waals surface area contributed by atoms with Crippen LogP contribution in [0.2, 0.25) is 0 Å². The molecule has 0 amide bonds. The van der Waals surface area contributed by atoms with Gasteiger partial charge in [-0.25, -0.2) is 0 Å². The van der Waals surface area contributed by atoms with Crippen LogP contribution < -0.4 is 0 Å². The minimum atomic E-state index is 0.669. The highest BCUT2D eigenvalue weighted by Gasteiger charge is 2.05. The molecule has 0 saturated carbocycles. The fourth-order valence-electron chi connectivity index (χ4n) is 1.30. The summed E-state index contributed by atoms with van der Waals surface area (Å²) in [5.41, 5.74) is 1.62. The highest BCUT2D eigenvalue weighted by atomic mass is 79.9. The summed E-state index contributed by atoms with van der Waals surface area (Å²) in [7, 11) is 1.85. The lowest BCUT2D eigenvalue weighted by molar-refractivity contribution is 0.112. The third-order valence-electron chi connectivity index (χ3n) is 1.97. The van der Waals surface area contributed by atoms with Crippen LogP contribution in [-0.2, 0) is 7.05 Å². The Morgan fingerprint density at radius 2 is 2.31 bits per heavy atom. The molecule has 13 heavy (non-hydrogen) atoms. The first-order valence-corrected chi connectivity index (χ1v) is 4.59. The number of aryl methyl sites for hydroxylation is 1. The van der Waals surface area contributed by atoms with Crippen LogP contribution in [0.3, 0.4) is 0 Å². The van der Waals surface area contributed by atoms with Crippen molar-refractivity contribution in [1.29, 1.82) is 0 Å². The summed E-state index contributed by atoms with van der Waals surface area (Å²) >= 11 is 3.34. The molecule has 1 aromatic carbocycles. The summed E-state index contributed by atoms with van der Waals surface area (Å²) in [5.74, 6) is 0. The molecule has 4 heteroatoms. The van der Waals surface area contributed by atoms with Crippen molar-refractivity contribution in [2.24, 2.45) is 7.05 Å². The standard InChI is InChI=1S/C9H7BrN2O/c1-12-8-4-6(5-13)2-3-7(8)9(10)11-12/h2-5H,1H3. The minimum Gasteiger partial charge on any atom is -0.298 e. The van der Waals surface area contributed by atoms with Gasteiger partial charge in [-0.05, 0) is 28.1 Å². The van der Waals surface area contributed by atoms with E-state index in [0.717, 1.165) is 21.8 Å². The Labute approximate surface area is 83.5 Å². The van der Waals surface area contributed by atoms with Crippen molar-refractivity contribution in [1.82, 2.24) is 9.78 Å². The van der Waals surface area contributed by atoms with Gasteiger partial charge in [-0.2, -0.15) is 5.10 Å². The van der Waals surface area contributed by atoms with E-state index in [0.29, 0.717) is 5.56 Å². The van der Waals surface area contributed by atoms with Gasteiger partial charge in [0.1, 0.15) is 10.9 Å². The first kappa shape index (κ1) is 8.44. The third kappa shape index (κ3) is 1.27. The molecule has 0 aliphatic heterocycles. The predicted molar refractivity (Wildman–Crippen MR) is 53.8 cm³/mol. The summed E-state index contributed by atoms with van der Waals surface area (Å²) in [5, 5.41) is 5.20. The SMILES string of the molecule is Cn1nc(Br)c2ccc(C=O)cc21. The summed E-state index contributed by atoms with van der Waals surface area (Å²) in [6, 6.07) is 5.48. The summed E-state index contributed by atoms with van der Waals surface area (Å²) in [6.45, 7) is 0. The number of hydrogen-bond acceptors (Lipinski definition) is 2. The first-order chi connectivity index (χ1) is 6.22. The molecule has 0 fully saturated rings. The Balaban J connectivity index is 2.83. The van der Waals surface area contributed by atoms with Gasteiger partial charge in [-0.1, -0.05) is 6.07 Å². The average molecular weight is 239 g/mol. The van der Waals surface area contributed by atoms with Gasteiger partial charge in [0.25, 0.3) is 0 Å². The molecular formula is C9H7BrN2O. The van der Waals surface area contributed by atoms with Crippen molar-refractivity contribution in [2.75, 3.05) is 0 Å². The monoisotopic (exact) mass is 238 g/mol. The number of carbonyl (C=O) groups is 1. The molecule has 2 rings (SSSR count). The fourth-order valence-corrected chi connectivity index (χ4v) is 1.88. The van der Waals surface area contributed by atoms with Crippen molar-refractivity contribution in [3.63, 3.8) is 0 Å². The van der Waals surface area contributed by atoms with Crippen LogP contribution in [0.25, 0.3) is 10.9 Å². The van der Waals surface area contributed by atoms with Crippen LogP contribution in [0.15, 0.2) is 22.8 Å². The quantitative estimate of drug-likeness (QED) is 0.714. The van der Waals surface area contributed by atoms with Gasteiger partial charge in [0.05, 0.1) is 5.52 Å². The van der Waals surface area contributed by atoms with E-state index < -0.39 is 0 Å². The van der Waals surface area contributed by atoms with Crippen molar-refractivity contribution in [3.05, 3.63) is 28.4 Å². The van der Waals surface area contributed by atoms with Crippen molar-refractivity contribution >= 4 is 33.1 Å². The van der Waals surface area contributed by atoms with Gasteiger partial charge in [0.15, 0.2) is 0 Å². The summed E-state index contributed by atoms with van der Waals surface area (Å²) in [6.07, 6.45) is 0.834. The van der Waals surface area contributed by atoms with Crippen LogP contribution in [0.5, 0.6) is 0 Å². The van der Waals surface area contributed by atoms with Crippen molar-refractivity contribution in [2.45, 2.75) is 0 Å². The van der Waals surface area contributed by atoms with Crippen molar-refractivity contribution in [3.8, 4) is 0 Å². The molecule has 0 spiro atoms. The molecule has 1 heterocycles.